The Morgan fingerprint density at radius 3 is 3.08 bits per heavy atom. The van der Waals surface area contributed by atoms with Gasteiger partial charge in [-0.3, -0.25) is 4.68 Å². The van der Waals surface area contributed by atoms with Crippen LogP contribution >= 0.6 is 15.9 Å². The Morgan fingerprint density at radius 1 is 1.58 bits per heavy atom. The molecule has 0 saturated heterocycles. The van der Waals surface area contributed by atoms with Gasteiger partial charge < -0.3 is 4.42 Å². The molecule has 0 aromatic carbocycles. The van der Waals surface area contributed by atoms with E-state index in [1.807, 2.05) is 23.0 Å². The zero-order chi connectivity index (χ0) is 8.39. The fraction of sp³-hybridized carbons (Fsp3) is 0.125. The molecule has 0 atom stereocenters. The molecule has 12 heavy (non-hydrogen) atoms. The fourth-order valence-electron chi connectivity index (χ4n) is 0.987. The number of furan rings is 1. The highest BCUT2D eigenvalue weighted by atomic mass is 79.9. The van der Waals surface area contributed by atoms with Crippen molar-refractivity contribution in [2.24, 2.45) is 0 Å². The van der Waals surface area contributed by atoms with E-state index in [1.54, 1.807) is 12.5 Å². The van der Waals surface area contributed by atoms with Crippen LogP contribution in [0, 0.1) is 0 Å². The van der Waals surface area contributed by atoms with Crippen LogP contribution in [-0.2, 0) is 6.54 Å². The third-order valence-electron chi connectivity index (χ3n) is 1.50. The van der Waals surface area contributed by atoms with E-state index in [2.05, 4.69) is 21.0 Å². The molecular formula is C8H7BrN2O. The zero-order valence-electron chi connectivity index (χ0n) is 6.27. The second kappa shape index (κ2) is 3.15. The van der Waals surface area contributed by atoms with Gasteiger partial charge >= 0.3 is 0 Å². The van der Waals surface area contributed by atoms with Crippen molar-refractivity contribution in [3.63, 3.8) is 0 Å². The molecule has 0 bridgehead atoms. The summed E-state index contributed by atoms with van der Waals surface area (Å²) in [4.78, 5) is 0. The van der Waals surface area contributed by atoms with Gasteiger partial charge in [0.1, 0.15) is 5.76 Å². The van der Waals surface area contributed by atoms with E-state index in [0.29, 0.717) is 6.54 Å². The summed E-state index contributed by atoms with van der Waals surface area (Å²) >= 11 is 3.32. The minimum atomic E-state index is 0.679. The molecule has 0 aliphatic rings. The Kier molecular flexibility index (Phi) is 1.99. The Balaban J connectivity index is 2.14. The molecule has 2 aromatic heterocycles. The third kappa shape index (κ3) is 1.58. The first-order valence-electron chi connectivity index (χ1n) is 3.55. The van der Waals surface area contributed by atoms with E-state index in [1.165, 1.54) is 0 Å². The lowest BCUT2D eigenvalue weighted by Crippen LogP contribution is -1.97. The van der Waals surface area contributed by atoms with Crippen molar-refractivity contribution in [2.75, 3.05) is 0 Å². The summed E-state index contributed by atoms with van der Waals surface area (Å²) in [6, 6.07) is 3.80. The van der Waals surface area contributed by atoms with Crippen LogP contribution in [0.15, 0.2) is 39.7 Å². The predicted octanol–water partition coefficient (Wildman–Crippen LogP) is 2.29. The predicted molar refractivity (Wildman–Crippen MR) is 47.7 cm³/mol. The molecule has 0 spiro atoms. The Bertz CT molecular complexity index is 353. The smallest absolute Gasteiger partial charge is 0.125 e. The summed E-state index contributed by atoms with van der Waals surface area (Å²) < 4.78 is 7.96. The molecule has 0 unspecified atom stereocenters. The molecule has 62 valence electrons. The number of nitrogens with zero attached hydrogens (tertiary/aromatic N) is 2. The Hall–Kier alpha value is -1.03. The van der Waals surface area contributed by atoms with Crippen molar-refractivity contribution in [3.05, 3.63) is 41.0 Å². The molecule has 3 nitrogen and oxygen atoms in total. The van der Waals surface area contributed by atoms with Crippen LogP contribution in [0.5, 0.6) is 0 Å². The van der Waals surface area contributed by atoms with Crippen LogP contribution in [0.25, 0.3) is 0 Å². The monoisotopic (exact) mass is 226 g/mol. The average molecular weight is 227 g/mol. The lowest BCUT2D eigenvalue weighted by atomic mass is 10.4. The van der Waals surface area contributed by atoms with E-state index in [4.69, 9.17) is 4.42 Å². The van der Waals surface area contributed by atoms with Crippen molar-refractivity contribution in [2.45, 2.75) is 6.54 Å². The largest absolute Gasteiger partial charge is 0.467 e. The second-order valence-electron chi connectivity index (χ2n) is 2.44. The van der Waals surface area contributed by atoms with E-state index < -0.39 is 0 Å². The van der Waals surface area contributed by atoms with Crippen LogP contribution in [0.2, 0.25) is 0 Å². The van der Waals surface area contributed by atoms with Gasteiger partial charge in [0, 0.05) is 6.20 Å². The number of aromatic nitrogens is 2. The molecule has 2 rings (SSSR count). The van der Waals surface area contributed by atoms with Crippen molar-refractivity contribution >= 4 is 15.9 Å². The summed E-state index contributed by atoms with van der Waals surface area (Å²) in [5.74, 6) is 0.908. The van der Waals surface area contributed by atoms with Gasteiger partial charge in [-0.15, -0.1) is 0 Å². The summed E-state index contributed by atoms with van der Waals surface area (Å²) in [6.45, 7) is 0.679. The van der Waals surface area contributed by atoms with Crippen LogP contribution in [0.4, 0.5) is 0 Å². The van der Waals surface area contributed by atoms with E-state index in [0.717, 1.165) is 10.2 Å². The molecule has 0 aliphatic carbocycles. The van der Waals surface area contributed by atoms with Crippen molar-refractivity contribution in [3.8, 4) is 0 Å². The van der Waals surface area contributed by atoms with Gasteiger partial charge in [-0.05, 0) is 28.1 Å². The first-order chi connectivity index (χ1) is 5.84. The van der Waals surface area contributed by atoms with Crippen molar-refractivity contribution < 1.29 is 4.42 Å². The molecule has 4 heteroatoms. The van der Waals surface area contributed by atoms with E-state index >= 15 is 0 Å². The summed E-state index contributed by atoms with van der Waals surface area (Å²) in [5, 5.41) is 4.10. The zero-order valence-corrected chi connectivity index (χ0v) is 7.86. The van der Waals surface area contributed by atoms with Crippen LogP contribution in [0.3, 0.4) is 0 Å². The lowest BCUT2D eigenvalue weighted by Gasteiger charge is -1.95. The average Bonchev–Trinajstić information content (AvgIpc) is 2.63. The third-order valence-corrected chi connectivity index (χ3v) is 1.91. The molecule has 2 heterocycles. The maximum absolute atomic E-state index is 5.17. The normalized spacial score (nSPS) is 10.4. The van der Waals surface area contributed by atoms with Gasteiger partial charge in [-0.25, -0.2) is 0 Å². The maximum Gasteiger partial charge on any atom is 0.125 e. The van der Waals surface area contributed by atoms with Crippen LogP contribution < -0.4 is 0 Å². The highest BCUT2D eigenvalue weighted by molar-refractivity contribution is 9.10. The summed E-state index contributed by atoms with van der Waals surface area (Å²) in [7, 11) is 0. The molecule has 0 radical (unpaired) electrons. The van der Waals surface area contributed by atoms with Gasteiger partial charge in [0.2, 0.25) is 0 Å². The van der Waals surface area contributed by atoms with Gasteiger partial charge in [0.25, 0.3) is 0 Å². The first-order valence-corrected chi connectivity index (χ1v) is 4.34. The highest BCUT2D eigenvalue weighted by Gasteiger charge is 1.98. The van der Waals surface area contributed by atoms with Crippen molar-refractivity contribution in [1.29, 1.82) is 0 Å². The quantitative estimate of drug-likeness (QED) is 0.787. The standard InChI is InChI=1S/C8H7BrN2O/c9-7-4-10-11(5-7)6-8-2-1-3-12-8/h1-5H,6H2. The van der Waals surface area contributed by atoms with Crippen LogP contribution in [-0.4, -0.2) is 9.78 Å². The number of hydrogen-bond acceptors (Lipinski definition) is 2. The minimum Gasteiger partial charge on any atom is -0.467 e. The second-order valence-corrected chi connectivity index (χ2v) is 3.35. The van der Waals surface area contributed by atoms with Gasteiger partial charge in [-0.2, -0.15) is 5.10 Å². The van der Waals surface area contributed by atoms with Gasteiger partial charge in [-0.1, -0.05) is 0 Å². The Morgan fingerprint density at radius 2 is 2.50 bits per heavy atom. The highest BCUT2D eigenvalue weighted by Crippen LogP contribution is 2.08. The molecule has 2 aromatic rings. The van der Waals surface area contributed by atoms with E-state index in [9.17, 15) is 0 Å². The number of halogens is 1. The molecule has 0 fully saturated rings. The maximum atomic E-state index is 5.17. The molecule has 0 aliphatic heterocycles. The first kappa shape index (κ1) is 7.61. The topological polar surface area (TPSA) is 31.0 Å². The molecule has 0 saturated carbocycles. The fourth-order valence-corrected chi connectivity index (χ4v) is 1.31. The summed E-state index contributed by atoms with van der Waals surface area (Å²) in [6.07, 6.45) is 5.32. The molecule has 0 N–H and O–H groups in total. The van der Waals surface area contributed by atoms with Crippen LogP contribution in [0.1, 0.15) is 5.76 Å². The Labute approximate surface area is 78.1 Å². The van der Waals surface area contributed by atoms with E-state index in [-0.39, 0.29) is 0 Å². The number of hydrogen-bond donors (Lipinski definition) is 0. The van der Waals surface area contributed by atoms with Gasteiger partial charge in [0.05, 0.1) is 23.5 Å². The minimum absolute atomic E-state index is 0.679. The summed E-state index contributed by atoms with van der Waals surface area (Å²) in [5.41, 5.74) is 0. The SMILES string of the molecule is Brc1cnn(Cc2ccco2)c1. The molecular weight excluding hydrogens is 220 g/mol. The van der Waals surface area contributed by atoms with Crippen molar-refractivity contribution in [1.82, 2.24) is 9.78 Å². The number of rotatable bonds is 2. The van der Waals surface area contributed by atoms with Gasteiger partial charge in [0.15, 0.2) is 0 Å². The molecule has 0 amide bonds. The lowest BCUT2D eigenvalue weighted by molar-refractivity contribution is 0.480.